The van der Waals surface area contributed by atoms with E-state index in [2.05, 4.69) is 47.2 Å². The first-order valence-corrected chi connectivity index (χ1v) is 9.22. The van der Waals surface area contributed by atoms with Crippen LogP contribution >= 0.6 is 0 Å². The van der Waals surface area contributed by atoms with Gasteiger partial charge < -0.3 is 9.72 Å². The molecule has 4 heteroatoms. The van der Waals surface area contributed by atoms with E-state index < -0.39 is 0 Å². The minimum Gasteiger partial charge on any atom is -0.490 e. The van der Waals surface area contributed by atoms with Gasteiger partial charge in [-0.3, -0.25) is 9.88 Å². The van der Waals surface area contributed by atoms with Crippen molar-refractivity contribution in [3.05, 3.63) is 36.3 Å². The number of rotatable bonds is 9. The van der Waals surface area contributed by atoms with Gasteiger partial charge in [-0.1, -0.05) is 26.2 Å². The van der Waals surface area contributed by atoms with Gasteiger partial charge in [-0.2, -0.15) is 0 Å². The molecule has 2 aromatic rings. The SMILES string of the molecule is CCCCCCc1c[nH]c(-c2cncc(OC[C@@H]3CCN3C)c2)c1. The molecule has 3 heterocycles. The van der Waals surface area contributed by atoms with Crippen LogP contribution in [0.15, 0.2) is 30.7 Å². The molecule has 4 nitrogen and oxygen atoms in total. The van der Waals surface area contributed by atoms with Crippen LogP contribution in [0.1, 0.15) is 44.6 Å². The predicted molar refractivity (Wildman–Crippen MR) is 98.4 cm³/mol. The van der Waals surface area contributed by atoms with Gasteiger partial charge >= 0.3 is 0 Å². The van der Waals surface area contributed by atoms with Crippen molar-refractivity contribution < 1.29 is 4.74 Å². The van der Waals surface area contributed by atoms with E-state index in [0.29, 0.717) is 6.04 Å². The third kappa shape index (κ3) is 4.38. The van der Waals surface area contributed by atoms with E-state index in [1.165, 1.54) is 44.2 Å². The van der Waals surface area contributed by atoms with Crippen LogP contribution in [0.5, 0.6) is 5.75 Å². The number of unbranched alkanes of at least 4 members (excludes halogenated alkanes) is 3. The maximum absolute atomic E-state index is 5.92. The van der Waals surface area contributed by atoms with Crippen molar-refractivity contribution in [1.29, 1.82) is 0 Å². The number of likely N-dealkylation sites (tertiary alicyclic amines) is 1. The highest BCUT2D eigenvalue weighted by molar-refractivity contribution is 5.60. The summed E-state index contributed by atoms with van der Waals surface area (Å²) in [6.07, 6.45) is 13.4. The molecule has 0 bridgehead atoms. The molecule has 1 aliphatic rings. The van der Waals surface area contributed by atoms with Gasteiger partial charge in [0.2, 0.25) is 0 Å². The van der Waals surface area contributed by atoms with Crippen LogP contribution in [0.2, 0.25) is 0 Å². The number of aromatic amines is 1. The lowest BCUT2D eigenvalue weighted by Gasteiger charge is -2.37. The molecule has 0 saturated carbocycles. The van der Waals surface area contributed by atoms with Gasteiger partial charge in [0.05, 0.1) is 6.20 Å². The Labute approximate surface area is 145 Å². The lowest BCUT2D eigenvalue weighted by Crippen LogP contribution is -2.48. The van der Waals surface area contributed by atoms with Gasteiger partial charge in [0.15, 0.2) is 0 Å². The van der Waals surface area contributed by atoms with Crippen molar-refractivity contribution >= 4 is 0 Å². The molecule has 0 spiro atoms. The first-order chi connectivity index (χ1) is 11.8. The molecule has 0 unspecified atom stereocenters. The predicted octanol–water partition coefficient (Wildman–Crippen LogP) is 4.28. The molecule has 1 N–H and O–H groups in total. The van der Waals surface area contributed by atoms with E-state index in [9.17, 15) is 0 Å². The number of pyridine rings is 1. The number of ether oxygens (including phenoxy) is 1. The number of hydrogen-bond acceptors (Lipinski definition) is 3. The van der Waals surface area contributed by atoms with Crippen molar-refractivity contribution in [2.45, 2.75) is 51.5 Å². The van der Waals surface area contributed by atoms with Gasteiger partial charge in [0, 0.05) is 29.7 Å². The quantitative estimate of drug-likeness (QED) is 0.699. The van der Waals surface area contributed by atoms with Crippen molar-refractivity contribution in [3.8, 4) is 17.0 Å². The summed E-state index contributed by atoms with van der Waals surface area (Å²) >= 11 is 0. The van der Waals surface area contributed by atoms with E-state index in [1.807, 2.05) is 6.20 Å². The fraction of sp³-hybridized carbons (Fsp3) is 0.550. The maximum atomic E-state index is 5.92. The summed E-state index contributed by atoms with van der Waals surface area (Å²) in [7, 11) is 2.15. The van der Waals surface area contributed by atoms with Crippen LogP contribution < -0.4 is 4.74 Å². The van der Waals surface area contributed by atoms with Crippen LogP contribution in [0, 0.1) is 0 Å². The average molecular weight is 327 g/mol. The summed E-state index contributed by atoms with van der Waals surface area (Å²) in [5.74, 6) is 0.854. The minimum atomic E-state index is 0.550. The van der Waals surface area contributed by atoms with E-state index in [-0.39, 0.29) is 0 Å². The zero-order valence-corrected chi connectivity index (χ0v) is 14.9. The Kier molecular flexibility index (Phi) is 5.91. The zero-order chi connectivity index (χ0) is 16.8. The highest BCUT2D eigenvalue weighted by atomic mass is 16.5. The monoisotopic (exact) mass is 327 g/mol. The average Bonchev–Trinajstić information content (AvgIpc) is 3.07. The highest BCUT2D eigenvalue weighted by Crippen LogP contribution is 2.24. The first-order valence-electron chi connectivity index (χ1n) is 9.22. The summed E-state index contributed by atoms with van der Waals surface area (Å²) in [4.78, 5) is 10.0. The molecule has 1 aliphatic heterocycles. The molecule has 1 saturated heterocycles. The molecular formula is C20H29N3O. The molecule has 130 valence electrons. The number of nitrogens with one attached hydrogen (secondary N) is 1. The molecular weight excluding hydrogens is 298 g/mol. The fourth-order valence-corrected chi connectivity index (χ4v) is 3.12. The van der Waals surface area contributed by atoms with Gasteiger partial charge in [0.25, 0.3) is 0 Å². The number of nitrogens with zero attached hydrogens (tertiary/aromatic N) is 2. The topological polar surface area (TPSA) is 41.1 Å². The highest BCUT2D eigenvalue weighted by Gasteiger charge is 2.24. The van der Waals surface area contributed by atoms with Gasteiger partial charge in [-0.15, -0.1) is 0 Å². The van der Waals surface area contributed by atoms with E-state index in [4.69, 9.17) is 4.74 Å². The summed E-state index contributed by atoms with van der Waals surface area (Å²) in [6.45, 7) is 4.17. The third-order valence-corrected chi connectivity index (χ3v) is 4.97. The molecule has 0 aromatic carbocycles. The zero-order valence-electron chi connectivity index (χ0n) is 14.9. The first kappa shape index (κ1) is 17.0. The van der Waals surface area contributed by atoms with Gasteiger partial charge in [-0.05, 0) is 50.6 Å². The second-order valence-electron chi connectivity index (χ2n) is 6.88. The smallest absolute Gasteiger partial charge is 0.138 e. The van der Waals surface area contributed by atoms with Crippen LogP contribution in [0.3, 0.4) is 0 Å². The van der Waals surface area contributed by atoms with Gasteiger partial charge in [-0.25, -0.2) is 0 Å². The molecule has 2 aromatic heterocycles. The Morgan fingerprint density at radius 2 is 2.17 bits per heavy atom. The maximum Gasteiger partial charge on any atom is 0.138 e. The Morgan fingerprint density at radius 3 is 2.92 bits per heavy atom. The van der Waals surface area contributed by atoms with Crippen molar-refractivity contribution in [2.24, 2.45) is 0 Å². The standard InChI is InChI=1S/C20H29N3O/c1-3-4-5-6-7-16-10-20(22-12-16)17-11-19(14-21-13-17)24-15-18-8-9-23(18)2/h10-14,18,22H,3-9,15H2,1-2H3/t18-/m0/s1. The Morgan fingerprint density at radius 1 is 1.25 bits per heavy atom. The number of hydrogen-bond donors (Lipinski definition) is 1. The van der Waals surface area contributed by atoms with Crippen LogP contribution in [0.25, 0.3) is 11.3 Å². The van der Waals surface area contributed by atoms with Crippen LogP contribution in [-0.2, 0) is 6.42 Å². The fourth-order valence-electron chi connectivity index (χ4n) is 3.12. The summed E-state index contributed by atoms with van der Waals surface area (Å²) < 4.78 is 5.92. The van der Waals surface area contributed by atoms with Crippen LogP contribution in [0.4, 0.5) is 0 Å². The lowest BCUT2D eigenvalue weighted by molar-refractivity contribution is 0.0768. The van der Waals surface area contributed by atoms with E-state index in [1.54, 1.807) is 6.20 Å². The minimum absolute atomic E-state index is 0.550. The number of aryl methyl sites for hydroxylation is 1. The third-order valence-electron chi connectivity index (χ3n) is 4.97. The Bertz CT molecular complexity index is 637. The Balaban J connectivity index is 1.56. The molecule has 0 amide bonds. The largest absolute Gasteiger partial charge is 0.490 e. The number of H-pyrrole nitrogens is 1. The number of likely N-dealkylation sites (N-methyl/N-ethyl adjacent to an activating group) is 1. The van der Waals surface area contributed by atoms with Crippen LogP contribution in [-0.4, -0.2) is 41.1 Å². The molecule has 0 radical (unpaired) electrons. The van der Waals surface area contributed by atoms with E-state index >= 15 is 0 Å². The summed E-state index contributed by atoms with van der Waals surface area (Å²) in [5.41, 5.74) is 3.59. The molecule has 3 rings (SSSR count). The molecule has 24 heavy (non-hydrogen) atoms. The normalized spacial score (nSPS) is 17.7. The summed E-state index contributed by atoms with van der Waals surface area (Å²) in [6, 6.07) is 4.87. The van der Waals surface area contributed by atoms with Crippen molar-refractivity contribution in [2.75, 3.05) is 20.2 Å². The summed E-state index contributed by atoms with van der Waals surface area (Å²) in [5, 5.41) is 0. The van der Waals surface area contributed by atoms with Crippen molar-refractivity contribution in [3.63, 3.8) is 0 Å². The number of aromatic nitrogens is 2. The Hall–Kier alpha value is -1.81. The molecule has 0 aliphatic carbocycles. The van der Waals surface area contributed by atoms with E-state index in [0.717, 1.165) is 30.0 Å². The van der Waals surface area contributed by atoms with Crippen molar-refractivity contribution in [1.82, 2.24) is 14.9 Å². The second-order valence-corrected chi connectivity index (χ2v) is 6.88. The molecule has 1 atom stereocenters. The lowest BCUT2D eigenvalue weighted by atomic mass is 10.1. The molecule has 1 fully saturated rings. The second kappa shape index (κ2) is 8.34. The van der Waals surface area contributed by atoms with Gasteiger partial charge in [0.1, 0.15) is 12.4 Å².